The molecule has 1 saturated heterocycles. The van der Waals surface area contributed by atoms with E-state index < -0.39 is 0 Å². The van der Waals surface area contributed by atoms with Gasteiger partial charge in [0, 0.05) is 62.1 Å². The average molecular weight is 499 g/mol. The Morgan fingerprint density at radius 1 is 0.743 bits per heavy atom. The van der Waals surface area contributed by atoms with Crippen molar-refractivity contribution in [3.8, 4) is 0 Å². The summed E-state index contributed by atoms with van der Waals surface area (Å²) >= 11 is 0. The highest BCUT2D eigenvalue weighted by atomic mass is 16.2. The largest absolute Gasteiger partial charge is 0.354 e. The van der Waals surface area contributed by atoms with E-state index in [0.717, 1.165) is 26.2 Å². The summed E-state index contributed by atoms with van der Waals surface area (Å²) in [6.07, 6.45) is 0.602. The number of hydrogen-bond donors (Lipinski definition) is 2. The summed E-state index contributed by atoms with van der Waals surface area (Å²) in [5.41, 5.74) is 0.000324. The number of carbonyl (C=O) groups excluding carboxylic acids is 3. The third-order valence-corrected chi connectivity index (χ3v) is 5.01. The molecule has 0 spiro atoms. The predicted molar refractivity (Wildman–Crippen MR) is 148 cm³/mol. The van der Waals surface area contributed by atoms with Crippen LogP contribution in [0.2, 0.25) is 0 Å². The molecule has 0 saturated carbocycles. The molecule has 0 atom stereocenters. The molecular formula is C28H58N4O3. The lowest BCUT2D eigenvalue weighted by Crippen LogP contribution is -2.51. The molecule has 208 valence electrons. The van der Waals surface area contributed by atoms with Crippen molar-refractivity contribution in [3.05, 3.63) is 0 Å². The molecular weight excluding hydrogens is 440 g/mol. The normalized spacial score (nSPS) is 14.9. The van der Waals surface area contributed by atoms with Gasteiger partial charge in [0.05, 0.1) is 0 Å². The summed E-state index contributed by atoms with van der Waals surface area (Å²) < 4.78 is 0. The molecule has 0 aliphatic carbocycles. The van der Waals surface area contributed by atoms with Gasteiger partial charge in [-0.1, -0.05) is 48.5 Å². The van der Waals surface area contributed by atoms with E-state index >= 15 is 0 Å². The molecule has 1 heterocycles. The number of nitrogens with one attached hydrogen (secondary N) is 2. The summed E-state index contributed by atoms with van der Waals surface area (Å²) in [5.74, 6) is 0.785. The van der Waals surface area contributed by atoms with Crippen LogP contribution in [0.4, 0.5) is 0 Å². The number of rotatable bonds is 5. The maximum absolute atomic E-state index is 11.7. The standard InChI is InChI=1S/C11H22N2O.C9H19NO.C8H17NO/c1-9(2)11(14)13-7-5-12(6-8-13)10(3)4;1-7(2)10-8(11)6-9(3,4)5;1-6(2)7(10)9-8(3,4)5/h9-10H,5-8H2,1-4H3;7H,6H2,1-5H3,(H,10,11);6H,1-5H3,(H,9,10). The van der Waals surface area contributed by atoms with Crippen molar-refractivity contribution in [2.24, 2.45) is 17.3 Å². The van der Waals surface area contributed by atoms with E-state index in [1.54, 1.807) is 0 Å². The van der Waals surface area contributed by atoms with E-state index in [9.17, 15) is 14.4 Å². The topological polar surface area (TPSA) is 81.8 Å². The van der Waals surface area contributed by atoms with Gasteiger partial charge >= 0.3 is 0 Å². The second-order valence-electron chi connectivity index (χ2n) is 13.0. The first-order chi connectivity index (χ1) is 15.7. The number of hydrogen-bond acceptors (Lipinski definition) is 4. The van der Waals surface area contributed by atoms with Gasteiger partial charge in [-0.25, -0.2) is 0 Å². The van der Waals surface area contributed by atoms with Gasteiger partial charge in [0.2, 0.25) is 17.7 Å². The van der Waals surface area contributed by atoms with Gasteiger partial charge in [-0.3, -0.25) is 19.3 Å². The molecule has 7 heteroatoms. The van der Waals surface area contributed by atoms with E-state index in [-0.39, 0.29) is 40.6 Å². The zero-order valence-corrected chi connectivity index (χ0v) is 25.5. The fourth-order valence-electron chi connectivity index (χ4n) is 3.19. The molecule has 0 aromatic carbocycles. The van der Waals surface area contributed by atoms with Crippen LogP contribution in [-0.4, -0.2) is 71.3 Å². The Hall–Kier alpha value is -1.63. The maximum atomic E-state index is 11.7. The lowest BCUT2D eigenvalue weighted by Gasteiger charge is -2.37. The van der Waals surface area contributed by atoms with Gasteiger partial charge in [0.25, 0.3) is 0 Å². The van der Waals surface area contributed by atoms with Crippen molar-refractivity contribution >= 4 is 17.7 Å². The Morgan fingerprint density at radius 3 is 1.46 bits per heavy atom. The van der Waals surface area contributed by atoms with Gasteiger partial charge < -0.3 is 15.5 Å². The number of amides is 3. The number of piperazine rings is 1. The monoisotopic (exact) mass is 498 g/mol. The van der Waals surface area contributed by atoms with Crippen LogP contribution in [0.25, 0.3) is 0 Å². The van der Waals surface area contributed by atoms with Crippen LogP contribution in [0.1, 0.15) is 103 Å². The summed E-state index contributed by atoms with van der Waals surface area (Å²) in [6, 6.07) is 0.858. The minimum atomic E-state index is -0.0959. The molecule has 2 N–H and O–H groups in total. The van der Waals surface area contributed by atoms with Gasteiger partial charge in [-0.15, -0.1) is 0 Å². The van der Waals surface area contributed by atoms with E-state index in [1.165, 1.54) is 0 Å². The van der Waals surface area contributed by atoms with Crippen LogP contribution >= 0.6 is 0 Å². The third-order valence-electron chi connectivity index (χ3n) is 5.01. The van der Waals surface area contributed by atoms with Crippen LogP contribution in [0.15, 0.2) is 0 Å². The molecule has 0 unspecified atom stereocenters. The molecule has 0 bridgehead atoms. The first-order valence-corrected chi connectivity index (χ1v) is 13.3. The highest BCUT2D eigenvalue weighted by molar-refractivity contribution is 5.78. The van der Waals surface area contributed by atoms with E-state index in [4.69, 9.17) is 0 Å². The molecule has 1 fully saturated rings. The van der Waals surface area contributed by atoms with Gasteiger partial charge in [0.15, 0.2) is 0 Å². The number of nitrogens with zero attached hydrogens (tertiary/aromatic N) is 2. The SMILES string of the molecule is CC(C)C(=O)N1CCN(C(C)C)CC1.CC(C)C(=O)NC(C)(C)C.CC(C)NC(=O)CC(C)(C)C. The minimum absolute atomic E-state index is 0.0826. The van der Waals surface area contributed by atoms with Gasteiger partial charge in [0.1, 0.15) is 0 Å². The second-order valence-corrected chi connectivity index (χ2v) is 13.0. The Morgan fingerprint density at radius 2 is 1.20 bits per heavy atom. The van der Waals surface area contributed by atoms with Gasteiger partial charge in [-0.2, -0.15) is 0 Å². The Kier molecular flexibility index (Phi) is 16.4. The highest BCUT2D eigenvalue weighted by Gasteiger charge is 2.23. The highest BCUT2D eigenvalue weighted by Crippen LogP contribution is 2.17. The summed E-state index contributed by atoms with van der Waals surface area (Å²) in [7, 11) is 0. The van der Waals surface area contributed by atoms with E-state index in [1.807, 2.05) is 67.2 Å². The van der Waals surface area contributed by atoms with E-state index in [2.05, 4.69) is 50.2 Å². The summed E-state index contributed by atoms with van der Waals surface area (Å²) in [5, 5.41) is 5.74. The lowest BCUT2D eigenvalue weighted by molar-refractivity contribution is -0.136. The Bertz CT molecular complexity index is 621. The third kappa shape index (κ3) is 20.3. The predicted octanol–water partition coefficient (Wildman–Crippen LogP) is 4.70. The lowest BCUT2D eigenvalue weighted by atomic mass is 9.92. The van der Waals surface area contributed by atoms with Gasteiger partial charge in [-0.05, 0) is 53.9 Å². The molecule has 1 aliphatic heterocycles. The molecule has 0 aromatic heterocycles. The van der Waals surface area contributed by atoms with Crippen molar-refractivity contribution in [2.45, 2.75) is 121 Å². The minimum Gasteiger partial charge on any atom is -0.354 e. The van der Waals surface area contributed by atoms with Crippen molar-refractivity contribution in [3.63, 3.8) is 0 Å². The van der Waals surface area contributed by atoms with Crippen molar-refractivity contribution < 1.29 is 14.4 Å². The van der Waals surface area contributed by atoms with Crippen LogP contribution in [0.3, 0.4) is 0 Å². The molecule has 1 aliphatic rings. The van der Waals surface area contributed by atoms with Crippen LogP contribution in [0, 0.1) is 17.3 Å². The second kappa shape index (κ2) is 16.2. The fourth-order valence-corrected chi connectivity index (χ4v) is 3.19. The molecule has 7 nitrogen and oxygen atoms in total. The van der Waals surface area contributed by atoms with Crippen molar-refractivity contribution in [1.82, 2.24) is 20.4 Å². The molecule has 3 amide bonds. The van der Waals surface area contributed by atoms with Crippen molar-refractivity contribution in [2.75, 3.05) is 26.2 Å². The summed E-state index contributed by atoms with van der Waals surface area (Å²) in [6.45, 7) is 32.1. The molecule has 1 rings (SSSR count). The maximum Gasteiger partial charge on any atom is 0.225 e. The molecule has 0 radical (unpaired) electrons. The zero-order valence-electron chi connectivity index (χ0n) is 25.5. The Labute approximate surface area is 217 Å². The first-order valence-electron chi connectivity index (χ1n) is 13.3. The fraction of sp³-hybridized carbons (Fsp3) is 0.893. The first kappa shape index (κ1) is 35.5. The van der Waals surface area contributed by atoms with Crippen LogP contribution < -0.4 is 10.6 Å². The summed E-state index contributed by atoms with van der Waals surface area (Å²) in [4.78, 5) is 38.3. The Balaban J connectivity index is 0. The van der Waals surface area contributed by atoms with E-state index in [0.29, 0.717) is 18.4 Å². The van der Waals surface area contributed by atoms with Crippen LogP contribution in [0.5, 0.6) is 0 Å². The quantitative estimate of drug-likeness (QED) is 0.576. The molecule has 35 heavy (non-hydrogen) atoms. The smallest absolute Gasteiger partial charge is 0.225 e. The van der Waals surface area contributed by atoms with Crippen LogP contribution in [-0.2, 0) is 14.4 Å². The average Bonchev–Trinajstić information content (AvgIpc) is 2.64. The van der Waals surface area contributed by atoms with Crippen molar-refractivity contribution in [1.29, 1.82) is 0 Å². The molecule has 0 aromatic rings. The number of carbonyl (C=O) groups is 3. The zero-order chi connectivity index (χ0) is 28.1.